The summed E-state index contributed by atoms with van der Waals surface area (Å²) < 4.78 is 1.96. The summed E-state index contributed by atoms with van der Waals surface area (Å²) in [6.07, 6.45) is 8.06. The third-order valence-corrected chi connectivity index (χ3v) is 3.37. The van der Waals surface area contributed by atoms with Crippen LogP contribution in [0.4, 0.5) is 0 Å². The molecule has 0 saturated heterocycles. The summed E-state index contributed by atoms with van der Waals surface area (Å²) in [6.45, 7) is 5.00. The Kier molecular flexibility index (Phi) is 4.15. The van der Waals surface area contributed by atoms with E-state index in [-0.39, 0.29) is 5.91 Å². The number of rotatable bonds is 5. The summed E-state index contributed by atoms with van der Waals surface area (Å²) >= 11 is 1.58. The maximum absolute atomic E-state index is 11.6. The third kappa shape index (κ3) is 3.20. The lowest BCUT2D eigenvalue weighted by atomic mass is 10.1. The van der Waals surface area contributed by atoms with Crippen molar-refractivity contribution in [2.75, 3.05) is 6.54 Å². The molecule has 0 saturated carbocycles. The molecule has 2 aromatic rings. The Morgan fingerprint density at radius 2 is 2.44 bits per heavy atom. The number of carbonyl (C=O) groups excluding carboxylic acids is 1. The first-order valence-electron chi connectivity index (χ1n) is 6.03. The van der Waals surface area contributed by atoms with Crippen molar-refractivity contribution in [3.05, 3.63) is 29.5 Å². The average molecular weight is 263 g/mol. The van der Waals surface area contributed by atoms with Gasteiger partial charge in [-0.25, -0.2) is 4.98 Å². The predicted octanol–water partition coefficient (Wildman–Crippen LogP) is 2.57. The number of nitrogens with zero attached hydrogens (tertiary/aromatic N) is 2. The summed E-state index contributed by atoms with van der Waals surface area (Å²) in [4.78, 5) is 16.7. The topological polar surface area (TPSA) is 46.4 Å². The van der Waals surface area contributed by atoms with Crippen LogP contribution in [0.15, 0.2) is 23.8 Å². The maximum Gasteiger partial charge on any atom is 0.244 e. The second kappa shape index (κ2) is 5.82. The van der Waals surface area contributed by atoms with Crippen molar-refractivity contribution in [1.29, 1.82) is 0 Å². The standard InChI is InChI=1S/C13H17N3OS/c1-10(2)5-6-14-12(17)4-3-11-9-15-13-16(11)7-8-18-13/h3-4,7-10H,5-6H2,1-2H3,(H,14,17)/b4-3+. The number of hydrogen-bond donors (Lipinski definition) is 1. The molecule has 0 spiro atoms. The van der Waals surface area contributed by atoms with Crippen LogP contribution in [-0.2, 0) is 4.79 Å². The van der Waals surface area contributed by atoms with E-state index in [2.05, 4.69) is 24.1 Å². The molecule has 2 rings (SSSR count). The van der Waals surface area contributed by atoms with Crippen molar-refractivity contribution >= 4 is 28.3 Å². The van der Waals surface area contributed by atoms with Crippen molar-refractivity contribution in [2.24, 2.45) is 5.92 Å². The van der Waals surface area contributed by atoms with Crippen LogP contribution in [0.5, 0.6) is 0 Å². The first-order chi connectivity index (χ1) is 8.66. The Balaban J connectivity index is 1.91. The zero-order chi connectivity index (χ0) is 13.0. The summed E-state index contributed by atoms with van der Waals surface area (Å²) in [7, 11) is 0. The highest BCUT2D eigenvalue weighted by molar-refractivity contribution is 7.15. The van der Waals surface area contributed by atoms with E-state index in [0.717, 1.165) is 23.6 Å². The molecule has 0 unspecified atom stereocenters. The van der Waals surface area contributed by atoms with Crippen LogP contribution in [-0.4, -0.2) is 21.8 Å². The quantitative estimate of drug-likeness (QED) is 0.843. The molecule has 5 heteroatoms. The first kappa shape index (κ1) is 12.8. The molecule has 0 radical (unpaired) electrons. The number of aromatic nitrogens is 2. The van der Waals surface area contributed by atoms with E-state index in [1.54, 1.807) is 29.7 Å². The number of thiazole rings is 1. The van der Waals surface area contributed by atoms with Gasteiger partial charge >= 0.3 is 0 Å². The number of imidazole rings is 1. The molecule has 96 valence electrons. The van der Waals surface area contributed by atoms with Crippen LogP contribution in [0.3, 0.4) is 0 Å². The first-order valence-corrected chi connectivity index (χ1v) is 6.91. The lowest BCUT2D eigenvalue weighted by molar-refractivity contribution is -0.116. The highest BCUT2D eigenvalue weighted by Gasteiger charge is 2.01. The van der Waals surface area contributed by atoms with E-state index in [1.807, 2.05) is 16.0 Å². The van der Waals surface area contributed by atoms with Gasteiger partial charge in [-0.3, -0.25) is 9.20 Å². The molecule has 0 aliphatic carbocycles. The maximum atomic E-state index is 11.6. The predicted molar refractivity (Wildman–Crippen MR) is 74.6 cm³/mol. The van der Waals surface area contributed by atoms with Gasteiger partial charge in [0.1, 0.15) is 0 Å². The minimum Gasteiger partial charge on any atom is -0.353 e. The molecular weight excluding hydrogens is 246 g/mol. The molecule has 1 N–H and O–H groups in total. The number of amides is 1. The fraction of sp³-hybridized carbons (Fsp3) is 0.385. The van der Waals surface area contributed by atoms with E-state index in [4.69, 9.17) is 0 Å². The average Bonchev–Trinajstić information content (AvgIpc) is 2.88. The van der Waals surface area contributed by atoms with Gasteiger partial charge in [0, 0.05) is 24.2 Å². The normalized spacial score (nSPS) is 11.7. The summed E-state index contributed by atoms with van der Waals surface area (Å²) in [5.74, 6) is 0.551. The zero-order valence-electron chi connectivity index (χ0n) is 10.6. The Morgan fingerprint density at radius 3 is 3.22 bits per heavy atom. The van der Waals surface area contributed by atoms with Crippen LogP contribution in [0.25, 0.3) is 11.0 Å². The molecule has 2 heterocycles. The highest BCUT2D eigenvalue weighted by Crippen LogP contribution is 2.13. The minimum atomic E-state index is -0.0548. The Morgan fingerprint density at radius 1 is 1.61 bits per heavy atom. The van der Waals surface area contributed by atoms with Crippen LogP contribution in [0, 0.1) is 5.92 Å². The van der Waals surface area contributed by atoms with Crippen LogP contribution in [0.1, 0.15) is 26.0 Å². The van der Waals surface area contributed by atoms with Gasteiger partial charge in [0.15, 0.2) is 4.96 Å². The summed E-state index contributed by atoms with van der Waals surface area (Å²) in [5.41, 5.74) is 0.922. The number of nitrogens with one attached hydrogen (secondary N) is 1. The van der Waals surface area contributed by atoms with Crippen LogP contribution in [0.2, 0.25) is 0 Å². The van der Waals surface area contributed by atoms with Crippen LogP contribution < -0.4 is 5.32 Å². The van der Waals surface area contributed by atoms with E-state index in [9.17, 15) is 4.79 Å². The monoisotopic (exact) mass is 263 g/mol. The van der Waals surface area contributed by atoms with Gasteiger partial charge in [0.05, 0.1) is 11.9 Å². The second-order valence-corrected chi connectivity index (χ2v) is 5.42. The van der Waals surface area contributed by atoms with Gasteiger partial charge in [-0.1, -0.05) is 13.8 Å². The van der Waals surface area contributed by atoms with Crippen molar-refractivity contribution in [2.45, 2.75) is 20.3 Å². The fourth-order valence-corrected chi connectivity index (χ4v) is 2.27. The number of hydrogen-bond acceptors (Lipinski definition) is 3. The van der Waals surface area contributed by atoms with E-state index >= 15 is 0 Å². The molecule has 0 aliphatic rings. The Bertz CT molecular complexity index is 553. The smallest absolute Gasteiger partial charge is 0.244 e. The van der Waals surface area contributed by atoms with Gasteiger partial charge in [0.25, 0.3) is 0 Å². The second-order valence-electron chi connectivity index (χ2n) is 4.55. The van der Waals surface area contributed by atoms with Gasteiger partial charge in [-0.05, 0) is 18.4 Å². The Hall–Kier alpha value is -1.62. The number of carbonyl (C=O) groups is 1. The molecule has 4 nitrogen and oxygen atoms in total. The van der Waals surface area contributed by atoms with Crippen molar-refractivity contribution < 1.29 is 4.79 Å². The molecule has 0 atom stereocenters. The molecule has 0 aromatic carbocycles. The van der Waals surface area contributed by atoms with Crippen LogP contribution >= 0.6 is 11.3 Å². The van der Waals surface area contributed by atoms with Gasteiger partial charge in [-0.2, -0.15) is 0 Å². The summed E-state index contributed by atoms with van der Waals surface area (Å²) in [5, 5.41) is 4.84. The van der Waals surface area contributed by atoms with Crippen molar-refractivity contribution in [1.82, 2.24) is 14.7 Å². The zero-order valence-corrected chi connectivity index (χ0v) is 11.4. The molecule has 0 fully saturated rings. The molecule has 1 amide bonds. The molecular formula is C13H17N3OS. The van der Waals surface area contributed by atoms with E-state index in [0.29, 0.717) is 5.92 Å². The molecule has 0 aliphatic heterocycles. The largest absolute Gasteiger partial charge is 0.353 e. The van der Waals surface area contributed by atoms with Gasteiger partial charge in [-0.15, -0.1) is 11.3 Å². The van der Waals surface area contributed by atoms with Crippen molar-refractivity contribution in [3.63, 3.8) is 0 Å². The fourth-order valence-electron chi connectivity index (χ4n) is 1.57. The third-order valence-electron chi connectivity index (χ3n) is 2.60. The van der Waals surface area contributed by atoms with Crippen molar-refractivity contribution in [3.8, 4) is 0 Å². The Labute approximate surface area is 110 Å². The molecule has 2 aromatic heterocycles. The SMILES string of the molecule is CC(C)CCNC(=O)/C=C/c1cnc2sccn12. The lowest BCUT2D eigenvalue weighted by Gasteiger charge is -2.04. The lowest BCUT2D eigenvalue weighted by Crippen LogP contribution is -2.23. The van der Waals surface area contributed by atoms with E-state index < -0.39 is 0 Å². The molecule has 18 heavy (non-hydrogen) atoms. The van der Waals surface area contributed by atoms with E-state index in [1.165, 1.54) is 0 Å². The molecule has 0 bridgehead atoms. The van der Waals surface area contributed by atoms with Gasteiger partial charge < -0.3 is 5.32 Å². The highest BCUT2D eigenvalue weighted by atomic mass is 32.1. The summed E-state index contributed by atoms with van der Waals surface area (Å²) in [6, 6.07) is 0. The minimum absolute atomic E-state index is 0.0548. The van der Waals surface area contributed by atoms with Gasteiger partial charge in [0.2, 0.25) is 5.91 Å². The number of fused-ring (bicyclic) bond motifs is 1.